The summed E-state index contributed by atoms with van der Waals surface area (Å²) in [6.45, 7) is 3.31. The van der Waals surface area contributed by atoms with E-state index in [9.17, 15) is 0 Å². The minimum Gasteiger partial charge on any atom is -0.409 e. The van der Waals surface area contributed by atoms with Crippen LogP contribution in [0.25, 0.3) is 0 Å². The fraction of sp³-hybridized carbons (Fsp3) is 0.900. The van der Waals surface area contributed by atoms with Gasteiger partial charge in [0.1, 0.15) is 5.84 Å². The molecule has 14 heavy (non-hydrogen) atoms. The molecule has 1 saturated carbocycles. The molecule has 4 N–H and O–H groups in total. The Morgan fingerprint density at radius 2 is 2.21 bits per heavy atom. The lowest BCUT2D eigenvalue weighted by molar-refractivity contribution is 0.208. The monoisotopic (exact) mass is 199 g/mol. The Bertz CT molecular complexity index is 200. The highest BCUT2D eigenvalue weighted by molar-refractivity contribution is 5.79. The van der Waals surface area contributed by atoms with Gasteiger partial charge in [0.05, 0.1) is 0 Å². The molecule has 0 radical (unpaired) electrons. The maximum absolute atomic E-state index is 8.32. The fourth-order valence-corrected chi connectivity index (χ4v) is 1.76. The maximum atomic E-state index is 8.32. The van der Waals surface area contributed by atoms with Crippen LogP contribution in [0, 0.1) is 0 Å². The molecule has 1 fully saturated rings. The van der Waals surface area contributed by atoms with Gasteiger partial charge in [-0.2, -0.15) is 0 Å². The third kappa shape index (κ3) is 3.54. The summed E-state index contributed by atoms with van der Waals surface area (Å²) in [6, 6.07) is 0. The molecular formula is C10H21N3O. The molecule has 0 bridgehead atoms. The Balaban J connectivity index is 1.94. The second-order valence-corrected chi connectivity index (χ2v) is 4.39. The summed E-state index contributed by atoms with van der Waals surface area (Å²) in [6.07, 6.45) is 6.72. The number of oxime groups is 1. The first-order chi connectivity index (χ1) is 6.66. The van der Waals surface area contributed by atoms with E-state index in [1.807, 2.05) is 0 Å². The van der Waals surface area contributed by atoms with E-state index in [0.717, 1.165) is 19.4 Å². The van der Waals surface area contributed by atoms with Crippen LogP contribution >= 0.6 is 0 Å². The molecule has 1 rings (SSSR count). The summed E-state index contributed by atoms with van der Waals surface area (Å²) in [5.74, 6) is 0.333. The Morgan fingerprint density at radius 1 is 1.50 bits per heavy atom. The highest BCUT2D eigenvalue weighted by Gasteiger charge is 2.30. The van der Waals surface area contributed by atoms with Crippen LogP contribution in [0.1, 0.15) is 45.4 Å². The minimum absolute atomic E-state index is 0.333. The molecule has 4 heteroatoms. The summed E-state index contributed by atoms with van der Waals surface area (Å²) in [7, 11) is 0. The third-order valence-electron chi connectivity index (χ3n) is 3.00. The van der Waals surface area contributed by atoms with Crippen LogP contribution in [0.15, 0.2) is 5.16 Å². The highest BCUT2D eigenvalue weighted by Crippen LogP contribution is 2.30. The smallest absolute Gasteiger partial charge is 0.139 e. The number of amidine groups is 1. The minimum atomic E-state index is 0.333. The van der Waals surface area contributed by atoms with Crippen molar-refractivity contribution in [1.82, 2.24) is 5.32 Å². The van der Waals surface area contributed by atoms with E-state index in [0.29, 0.717) is 17.8 Å². The Kier molecular flexibility index (Phi) is 4.20. The molecule has 0 spiro atoms. The highest BCUT2D eigenvalue weighted by atomic mass is 16.4. The van der Waals surface area contributed by atoms with E-state index >= 15 is 0 Å². The lowest BCUT2D eigenvalue weighted by atomic mass is 9.78. The van der Waals surface area contributed by atoms with E-state index in [2.05, 4.69) is 17.4 Å². The summed E-state index contributed by atoms with van der Waals surface area (Å²) in [5, 5.41) is 14.8. The van der Waals surface area contributed by atoms with Gasteiger partial charge in [0.25, 0.3) is 0 Å². The van der Waals surface area contributed by atoms with Gasteiger partial charge in [0.2, 0.25) is 0 Å². The van der Waals surface area contributed by atoms with Crippen molar-refractivity contribution in [3.63, 3.8) is 0 Å². The summed E-state index contributed by atoms with van der Waals surface area (Å²) < 4.78 is 0. The van der Waals surface area contributed by atoms with Crippen LogP contribution in [0.2, 0.25) is 0 Å². The van der Waals surface area contributed by atoms with Gasteiger partial charge in [-0.1, -0.05) is 5.16 Å². The standard InChI is InChI=1S/C10H21N3O/c1-10(6-4-7-10)12-8-3-2-5-9(11)13-14/h12,14H,2-8H2,1H3,(H2,11,13). The molecular weight excluding hydrogens is 178 g/mol. The van der Waals surface area contributed by atoms with Crippen molar-refractivity contribution in [2.24, 2.45) is 10.9 Å². The molecule has 1 aliphatic carbocycles. The maximum Gasteiger partial charge on any atom is 0.139 e. The van der Waals surface area contributed by atoms with E-state index in [-0.39, 0.29) is 0 Å². The number of rotatable bonds is 6. The molecule has 0 unspecified atom stereocenters. The van der Waals surface area contributed by atoms with Crippen molar-refractivity contribution in [3.8, 4) is 0 Å². The molecule has 0 saturated heterocycles. The van der Waals surface area contributed by atoms with Crippen molar-refractivity contribution in [1.29, 1.82) is 0 Å². The van der Waals surface area contributed by atoms with Gasteiger partial charge in [-0.05, 0) is 45.6 Å². The van der Waals surface area contributed by atoms with Crippen molar-refractivity contribution in [2.45, 2.75) is 51.0 Å². The largest absolute Gasteiger partial charge is 0.409 e. The fourth-order valence-electron chi connectivity index (χ4n) is 1.76. The number of nitrogens with one attached hydrogen (secondary N) is 1. The molecule has 1 aliphatic rings. The van der Waals surface area contributed by atoms with Crippen LogP contribution in [-0.4, -0.2) is 23.1 Å². The lowest BCUT2D eigenvalue weighted by Crippen LogP contribution is -2.48. The predicted octanol–water partition coefficient (Wildman–Crippen LogP) is 1.44. The second kappa shape index (κ2) is 5.20. The molecule has 0 aromatic rings. The summed E-state index contributed by atoms with van der Waals surface area (Å²) in [4.78, 5) is 0. The first kappa shape index (κ1) is 11.3. The lowest BCUT2D eigenvalue weighted by Gasteiger charge is -2.39. The van der Waals surface area contributed by atoms with Gasteiger partial charge in [0, 0.05) is 12.0 Å². The molecule has 0 aliphatic heterocycles. The zero-order valence-electron chi connectivity index (χ0n) is 8.92. The number of unbranched alkanes of at least 4 members (excludes halogenated alkanes) is 1. The number of hydrogen-bond donors (Lipinski definition) is 3. The normalized spacial score (nSPS) is 20.5. The summed E-state index contributed by atoms with van der Waals surface area (Å²) >= 11 is 0. The molecule has 0 atom stereocenters. The van der Waals surface area contributed by atoms with Crippen molar-refractivity contribution in [3.05, 3.63) is 0 Å². The molecule has 4 nitrogen and oxygen atoms in total. The zero-order chi connectivity index (χ0) is 10.4. The van der Waals surface area contributed by atoms with Crippen LogP contribution in [0.4, 0.5) is 0 Å². The van der Waals surface area contributed by atoms with Gasteiger partial charge < -0.3 is 16.3 Å². The first-order valence-electron chi connectivity index (χ1n) is 5.38. The van der Waals surface area contributed by atoms with Crippen molar-refractivity contribution in [2.75, 3.05) is 6.54 Å². The third-order valence-corrected chi connectivity index (χ3v) is 3.00. The van der Waals surface area contributed by atoms with Crippen LogP contribution in [0.3, 0.4) is 0 Å². The summed E-state index contributed by atoms with van der Waals surface area (Å²) in [5.41, 5.74) is 5.76. The van der Waals surface area contributed by atoms with Gasteiger partial charge in [-0.15, -0.1) is 0 Å². The molecule has 0 aromatic heterocycles. The average molecular weight is 199 g/mol. The Morgan fingerprint density at radius 3 is 2.71 bits per heavy atom. The molecule has 0 aromatic carbocycles. The topological polar surface area (TPSA) is 70.6 Å². The number of nitrogens with zero attached hydrogens (tertiary/aromatic N) is 1. The number of hydrogen-bond acceptors (Lipinski definition) is 3. The SMILES string of the molecule is CC1(NCCCCC(N)=NO)CCC1. The molecule has 0 amide bonds. The molecule has 82 valence electrons. The quantitative estimate of drug-likeness (QED) is 0.199. The van der Waals surface area contributed by atoms with E-state index < -0.39 is 0 Å². The molecule has 0 heterocycles. The number of nitrogens with two attached hydrogens (primary N) is 1. The Hall–Kier alpha value is -0.770. The van der Waals surface area contributed by atoms with Gasteiger partial charge >= 0.3 is 0 Å². The van der Waals surface area contributed by atoms with Crippen LogP contribution in [0.5, 0.6) is 0 Å². The van der Waals surface area contributed by atoms with Crippen LogP contribution in [-0.2, 0) is 0 Å². The van der Waals surface area contributed by atoms with E-state index in [4.69, 9.17) is 10.9 Å². The van der Waals surface area contributed by atoms with Gasteiger partial charge in [-0.3, -0.25) is 0 Å². The Labute approximate surface area is 85.6 Å². The average Bonchev–Trinajstić information content (AvgIpc) is 2.14. The van der Waals surface area contributed by atoms with Gasteiger partial charge in [-0.25, -0.2) is 0 Å². The first-order valence-corrected chi connectivity index (χ1v) is 5.38. The second-order valence-electron chi connectivity index (χ2n) is 4.39. The van der Waals surface area contributed by atoms with E-state index in [1.165, 1.54) is 19.3 Å². The zero-order valence-corrected chi connectivity index (χ0v) is 8.92. The predicted molar refractivity (Wildman–Crippen MR) is 57.5 cm³/mol. The van der Waals surface area contributed by atoms with Crippen molar-refractivity contribution < 1.29 is 5.21 Å². The van der Waals surface area contributed by atoms with Crippen molar-refractivity contribution >= 4 is 5.84 Å². The van der Waals surface area contributed by atoms with Gasteiger partial charge in [0.15, 0.2) is 0 Å². The van der Waals surface area contributed by atoms with E-state index in [1.54, 1.807) is 0 Å². The van der Waals surface area contributed by atoms with Crippen LogP contribution < -0.4 is 11.1 Å².